The summed E-state index contributed by atoms with van der Waals surface area (Å²) in [6, 6.07) is 5.63. The standard InChI is InChI=1S/C15H22O3/c1-5-10-18-14-12(11(3)4)8-7-9-13(14)15(16)17-6-2/h7-9,11H,5-6,10H2,1-4H3. The fraction of sp³-hybridized carbons (Fsp3) is 0.533. The highest BCUT2D eigenvalue weighted by Gasteiger charge is 2.18. The molecule has 0 radical (unpaired) electrons. The molecule has 0 spiro atoms. The summed E-state index contributed by atoms with van der Waals surface area (Å²) >= 11 is 0. The maximum atomic E-state index is 11.9. The zero-order valence-electron chi connectivity index (χ0n) is 11.7. The van der Waals surface area contributed by atoms with Gasteiger partial charge in [0.05, 0.1) is 13.2 Å². The Kier molecular flexibility index (Phi) is 5.69. The van der Waals surface area contributed by atoms with Crippen LogP contribution in [0.4, 0.5) is 0 Å². The molecule has 1 aromatic rings. The van der Waals surface area contributed by atoms with Crippen LogP contribution in [0.5, 0.6) is 5.75 Å². The van der Waals surface area contributed by atoms with Gasteiger partial charge < -0.3 is 9.47 Å². The van der Waals surface area contributed by atoms with Crippen LogP contribution in [-0.2, 0) is 4.74 Å². The fourth-order valence-corrected chi connectivity index (χ4v) is 1.74. The average molecular weight is 250 g/mol. The van der Waals surface area contributed by atoms with E-state index < -0.39 is 0 Å². The van der Waals surface area contributed by atoms with E-state index in [1.807, 2.05) is 19.1 Å². The first-order chi connectivity index (χ1) is 8.61. The quantitative estimate of drug-likeness (QED) is 0.721. The van der Waals surface area contributed by atoms with Gasteiger partial charge in [-0.1, -0.05) is 32.9 Å². The SMILES string of the molecule is CCCOc1c(C(=O)OCC)cccc1C(C)C. The van der Waals surface area contributed by atoms with Crippen LogP contribution < -0.4 is 4.74 Å². The first kappa shape index (κ1) is 14.6. The molecule has 100 valence electrons. The van der Waals surface area contributed by atoms with E-state index in [9.17, 15) is 4.79 Å². The number of carbonyl (C=O) groups excluding carboxylic acids is 1. The highest BCUT2D eigenvalue weighted by atomic mass is 16.5. The number of rotatable bonds is 6. The molecule has 1 rings (SSSR count). The summed E-state index contributed by atoms with van der Waals surface area (Å²) in [5, 5.41) is 0. The Balaban J connectivity index is 3.14. The molecule has 0 N–H and O–H groups in total. The van der Waals surface area contributed by atoms with Crippen LogP contribution in [0.1, 0.15) is 56.0 Å². The van der Waals surface area contributed by atoms with Crippen molar-refractivity contribution in [2.45, 2.75) is 40.0 Å². The number of hydrogen-bond donors (Lipinski definition) is 0. The molecule has 0 saturated carbocycles. The lowest BCUT2D eigenvalue weighted by Crippen LogP contribution is -2.10. The van der Waals surface area contributed by atoms with Crippen LogP contribution in [-0.4, -0.2) is 19.2 Å². The third-order valence-corrected chi connectivity index (χ3v) is 2.61. The van der Waals surface area contributed by atoms with Crippen molar-refractivity contribution >= 4 is 5.97 Å². The van der Waals surface area contributed by atoms with Gasteiger partial charge in [-0.3, -0.25) is 0 Å². The normalized spacial score (nSPS) is 10.5. The molecule has 0 bridgehead atoms. The van der Waals surface area contributed by atoms with Gasteiger partial charge >= 0.3 is 5.97 Å². The van der Waals surface area contributed by atoms with Gasteiger partial charge in [0.25, 0.3) is 0 Å². The lowest BCUT2D eigenvalue weighted by Gasteiger charge is -2.16. The number of benzene rings is 1. The Labute approximate surface area is 109 Å². The molecular weight excluding hydrogens is 228 g/mol. The second kappa shape index (κ2) is 7.04. The van der Waals surface area contributed by atoms with Gasteiger partial charge in [0.1, 0.15) is 11.3 Å². The molecule has 0 unspecified atom stereocenters. The van der Waals surface area contributed by atoms with Gasteiger partial charge in [-0.2, -0.15) is 0 Å². The second-order valence-electron chi connectivity index (χ2n) is 4.45. The van der Waals surface area contributed by atoms with Gasteiger partial charge in [-0.25, -0.2) is 4.79 Å². The Morgan fingerprint density at radius 3 is 2.56 bits per heavy atom. The monoisotopic (exact) mass is 250 g/mol. The summed E-state index contributed by atoms with van der Waals surface area (Å²) in [5.41, 5.74) is 1.57. The molecule has 0 heterocycles. The summed E-state index contributed by atoms with van der Waals surface area (Å²) in [5.74, 6) is 0.671. The molecule has 0 fully saturated rings. The van der Waals surface area contributed by atoms with Crippen molar-refractivity contribution in [1.29, 1.82) is 0 Å². The van der Waals surface area contributed by atoms with Gasteiger partial charge in [-0.15, -0.1) is 0 Å². The summed E-state index contributed by atoms with van der Waals surface area (Å²) < 4.78 is 10.8. The number of para-hydroxylation sites is 1. The summed E-state index contributed by atoms with van der Waals surface area (Å²) in [6.45, 7) is 9.00. The van der Waals surface area contributed by atoms with E-state index in [2.05, 4.69) is 13.8 Å². The van der Waals surface area contributed by atoms with Crippen molar-refractivity contribution in [3.05, 3.63) is 29.3 Å². The van der Waals surface area contributed by atoms with Crippen LogP contribution in [0.2, 0.25) is 0 Å². The zero-order valence-corrected chi connectivity index (χ0v) is 11.7. The summed E-state index contributed by atoms with van der Waals surface area (Å²) in [6.07, 6.45) is 0.911. The molecule has 3 heteroatoms. The summed E-state index contributed by atoms with van der Waals surface area (Å²) in [7, 11) is 0. The summed E-state index contributed by atoms with van der Waals surface area (Å²) in [4.78, 5) is 11.9. The lowest BCUT2D eigenvalue weighted by atomic mass is 9.99. The zero-order chi connectivity index (χ0) is 13.5. The number of carbonyl (C=O) groups is 1. The molecule has 0 aromatic heterocycles. The second-order valence-corrected chi connectivity index (χ2v) is 4.45. The van der Waals surface area contributed by atoms with Crippen molar-refractivity contribution in [2.75, 3.05) is 13.2 Å². The van der Waals surface area contributed by atoms with E-state index in [1.165, 1.54) is 0 Å². The molecule has 0 aliphatic heterocycles. The van der Waals surface area contributed by atoms with Crippen LogP contribution in [0.3, 0.4) is 0 Å². The Morgan fingerprint density at radius 1 is 1.28 bits per heavy atom. The number of hydrogen-bond acceptors (Lipinski definition) is 3. The molecule has 0 aliphatic carbocycles. The predicted octanol–water partition coefficient (Wildman–Crippen LogP) is 3.78. The van der Waals surface area contributed by atoms with E-state index in [1.54, 1.807) is 13.0 Å². The Hall–Kier alpha value is -1.51. The molecule has 3 nitrogen and oxygen atoms in total. The lowest BCUT2D eigenvalue weighted by molar-refractivity contribution is 0.0521. The third-order valence-electron chi connectivity index (χ3n) is 2.61. The van der Waals surface area contributed by atoms with Crippen LogP contribution in [0.15, 0.2) is 18.2 Å². The van der Waals surface area contributed by atoms with Crippen molar-refractivity contribution < 1.29 is 14.3 Å². The maximum absolute atomic E-state index is 11.9. The molecule has 1 aromatic carbocycles. The van der Waals surface area contributed by atoms with Crippen LogP contribution in [0, 0.1) is 0 Å². The van der Waals surface area contributed by atoms with Gasteiger partial charge in [0.15, 0.2) is 0 Å². The van der Waals surface area contributed by atoms with Crippen LogP contribution in [0.25, 0.3) is 0 Å². The fourth-order valence-electron chi connectivity index (χ4n) is 1.74. The third kappa shape index (κ3) is 3.49. The van der Waals surface area contributed by atoms with E-state index in [-0.39, 0.29) is 5.97 Å². The van der Waals surface area contributed by atoms with Crippen molar-refractivity contribution in [2.24, 2.45) is 0 Å². The van der Waals surface area contributed by atoms with Crippen molar-refractivity contribution in [3.63, 3.8) is 0 Å². The molecule has 0 amide bonds. The highest BCUT2D eigenvalue weighted by Crippen LogP contribution is 2.30. The maximum Gasteiger partial charge on any atom is 0.341 e. The largest absolute Gasteiger partial charge is 0.492 e. The highest BCUT2D eigenvalue weighted by molar-refractivity contribution is 5.93. The Bertz CT molecular complexity index is 397. The smallest absolute Gasteiger partial charge is 0.341 e. The average Bonchev–Trinajstić information content (AvgIpc) is 2.36. The minimum Gasteiger partial charge on any atom is -0.492 e. The molecular formula is C15H22O3. The van der Waals surface area contributed by atoms with E-state index in [0.717, 1.165) is 12.0 Å². The first-order valence-corrected chi connectivity index (χ1v) is 6.54. The Morgan fingerprint density at radius 2 is 2.00 bits per heavy atom. The predicted molar refractivity (Wildman–Crippen MR) is 72.3 cm³/mol. The van der Waals surface area contributed by atoms with Crippen LogP contribution >= 0.6 is 0 Å². The number of ether oxygens (including phenoxy) is 2. The molecule has 0 aliphatic rings. The first-order valence-electron chi connectivity index (χ1n) is 6.54. The van der Waals surface area contributed by atoms with Gasteiger partial charge in [0.2, 0.25) is 0 Å². The molecule has 0 atom stereocenters. The minimum absolute atomic E-state index is 0.311. The van der Waals surface area contributed by atoms with Gasteiger partial charge in [0, 0.05) is 0 Å². The molecule has 0 saturated heterocycles. The van der Waals surface area contributed by atoms with Crippen molar-refractivity contribution in [1.82, 2.24) is 0 Å². The van der Waals surface area contributed by atoms with Gasteiger partial charge in [-0.05, 0) is 30.9 Å². The number of esters is 1. The van der Waals surface area contributed by atoms with E-state index >= 15 is 0 Å². The van der Waals surface area contributed by atoms with E-state index in [4.69, 9.17) is 9.47 Å². The topological polar surface area (TPSA) is 35.5 Å². The van der Waals surface area contributed by atoms with E-state index in [0.29, 0.717) is 30.4 Å². The minimum atomic E-state index is -0.314. The van der Waals surface area contributed by atoms with Crippen molar-refractivity contribution in [3.8, 4) is 5.75 Å². The molecule has 18 heavy (non-hydrogen) atoms.